The summed E-state index contributed by atoms with van der Waals surface area (Å²) in [7, 11) is 0. The maximum atomic E-state index is 13.5. The SMILES string of the molecule is O=C(Nc1ccn(Cc2ccncc2)n1)c1ccccc1F. The Morgan fingerprint density at radius 1 is 1.14 bits per heavy atom. The van der Waals surface area contributed by atoms with Gasteiger partial charge in [0.15, 0.2) is 5.82 Å². The van der Waals surface area contributed by atoms with E-state index in [1.165, 1.54) is 18.2 Å². The number of hydrogen-bond acceptors (Lipinski definition) is 3. The smallest absolute Gasteiger partial charge is 0.259 e. The van der Waals surface area contributed by atoms with Crippen LogP contribution in [0.15, 0.2) is 61.1 Å². The molecule has 2 aromatic heterocycles. The molecule has 0 fully saturated rings. The van der Waals surface area contributed by atoms with Crippen LogP contribution in [0.1, 0.15) is 15.9 Å². The molecule has 0 aliphatic rings. The van der Waals surface area contributed by atoms with E-state index in [4.69, 9.17) is 0 Å². The van der Waals surface area contributed by atoms with Crippen molar-refractivity contribution in [1.29, 1.82) is 0 Å². The van der Waals surface area contributed by atoms with Gasteiger partial charge >= 0.3 is 0 Å². The van der Waals surface area contributed by atoms with Crippen LogP contribution in [0.4, 0.5) is 10.2 Å². The second-order valence-electron chi connectivity index (χ2n) is 4.69. The maximum absolute atomic E-state index is 13.5. The molecular formula is C16H13FN4O. The van der Waals surface area contributed by atoms with Crippen molar-refractivity contribution in [3.05, 3.63) is 78.0 Å². The third kappa shape index (κ3) is 3.17. The van der Waals surface area contributed by atoms with E-state index in [1.807, 2.05) is 12.1 Å². The van der Waals surface area contributed by atoms with Gasteiger partial charge in [-0.1, -0.05) is 12.1 Å². The van der Waals surface area contributed by atoms with Crippen LogP contribution in [0.3, 0.4) is 0 Å². The van der Waals surface area contributed by atoms with Gasteiger partial charge in [-0.3, -0.25) is 14.5 Å². The number of carbonyl (C=O) groups is 1. The lowest BCUT2D eigenvalue weighted by molar-refractivity contribution is 0.102. The fraction of sp³-hybridized carbons (Fsp3) is 0.0625. The minimum absolute atomic E-state index is 0.00816. The molecule has 1 amide bonds. The summed E-state index contributed by atoms with van der Waals surface area (Å²) in [6.45, 7) is 0.568. The predicted molar refractivity (Wildman–Crippen MR) is 79.9 cm³/mol. The second-order valence-corrected chi connectivity index (χ2v) is 4.69. The van der Waals surface area contributed by atoms with Crippen LogP contribution >= 0.6 is 0 Å². The summed E-state index contributed by atoms with van der Waals surface area (Å²) in [4.78, 5) is 15.9. The van der Waals surface area contributed by atoms with Crippen molar-refractivity contribution >= 4 is 11.7 Å². The number of carbonyl (C=O) groups excluding carboxylic acids is 1. The zero-order valence-electron chi connectivity index (χ0n) is 11.6. The number of pyridine rings is 1. The summed E-state index contributed by atoms with van der Waals surface area (Å²) in [5.74, 6) is -0.703. The molecule has 0 spiro atoms. The van der Waals surface area contributed by atoms with Gasteiger partial charge in [-0.15, -0.1) is 0 Å². The molecule has 0 atom stereocenters. The lowest BCUT2D eigenvalue weighted by atomic mass is 10.2. The molecular weight excluding hydrogens is 283 g/mol. The van der Waals surface area contributed by atoms with Crippen LogP contribution in [0.5, 0.6) is 0 Å². The lowest BCUT2D eigenvalue weighted by Crippen LogP contribution is -2.14. The van der Waals surface area contributed by atoms with E-state index in [0.29, 0.717) is 12.4 Å². The van der Waals surface area contributed by atoms with Crippen molar-refractivity contribution in [1.82, 2.24) is 14.8 Å². The van der Waals surface area contributed by atoms with Crippen LogP contribution in [0.25, 0.3) is 0 Å². The number of nitrogens with zero attached hydrogens (tertiary/aromatic N) is 3. The molecule has 0 aliphatic heterocycles. The van der Waals surface area contributed by atoms with Gasteiger partial charge in [-0.2, -0.15) is 5.10 Å². The highest BCUT2D eigenvalue weighted by Crippen LogP contribution is 2.11. The molecule has 22 heavy (non-hydrogen) atoms. The van der Waals surface area contributed by atoms with Gasteiger partial charge in [0.2, 0.25) is 0 Å². The number of anilines is 1. The van der Waals surface area contributed by atoms with Gasteiger partial charge < -0.3 is 5.32 Å². The fourth-order valence-electron chi connectivity index (χ4n) is 2.02. The summed E-state index contributed by atoms with van der Waals surface area (Å²) in [5, 5.41) is 6.82. The first kappa shape index (κ1) is 13.9. The fourth-order valence-corrected chi connectivity index (χ4v) is 2.02. The van der Waals surface area contributed by atoms with Crippen LogP contribution in [-0.4, -0.2) is 20.7 Å². The number of halogens is 1. The van der Waals surface area contributed by atoms with E-state index in [2.05, 4.69) is 15.4 Å². The van der Waals surface area contributed by atoms with Gasteiger partial charge in [-0.25, -0.2) is 4.39 Å². The highest BCUT2D eigenvalue weighted by molar-refractivity contribution is 6.03. The van der Waals surface area contributed by atoms with Crippen molar-refractivity contribution in [3.63, 3.8) is 0 Å². The molecule has 0 unspecified atom stereocenters. The first-order valence-electron chi connectivity index (χ1n) is 6.70. The molecule has 0 aliphatic carbocycles. The monoisotopic (exact) mass is 296 g/mol. The predicted octanol–water partition coefficient (Wildman–Crippen LogP) is 2.72. The average Bonchev–Trinajstić information content (AvgIpc) is 2.95. The molecule has 1 aromatic carbocycles. The summed E-state index contributed by atoms with van der Waals surface area (Å²) >= 11 is 0. The first-order valence-corrected chi connectivity index (χ1v) is 6.70. The van der Waals surface area contributed by atoms with E-state index in [1.54, 1.807) is 35.4 Å². The van der Waals surface area contributed by atoms with Crippen molar-refractivity contribution < 1.29 is 9.18 Å². The molecule has 6 heteroatoms. The Kier molecular flexibility index (Phi) is 3.91. The molecule has 5 nitrogen and oxygen atoms in total. The number of rotatable bonds is 4. The zero-order chi connectivity index (χ0) is 15.4. The van der Waals surface area contributed by atoms with Gasteiger partial charge in [0.1, 0.15) is 5.82 Å². The Hall–Kier alpha value is -3.02. The number of benzene rings is 1. The van der Waals surface area contributed by atoms with E-state index >= 15 is 0 Å². The number of nitrogens with one attached hydrogen (secondary N) is 1. The van der Waals surface area contributed by atoms with Crippen LogP contribution in [-0.2, 0) is 6.54 Å². The van der Waals surface area contributed by atoms with Crippen LogP contribution in [0, 0.1) is 5.82 Å². The molecule has 0 radical (unpaired) electrons. The maximum Gasteiger partial charge on any atom is 0.259 e. The Morgan fingerprint density at radius 3 is 2.68 bits per heavy atom. The third-order valence-corrected chi connectivity index (χ3v) is 3.09. The summed E-state index contributed by atoms with van der Waals surface area (Å²) in [5.41, 5.74) is 1.04. The molecule has 3 aromatic rings. The molecule has 0 saturated carbocycles. The Balaban J connectivity index is 1.69. The highest BCUT2D eigenvalue weighted by Gasteiger charge is 2.12. The third-order valence-electron chi connectivity index (χ3n) is 3.09. The number of aromatic nitrogens is 3. The number of hydrogen-bond donors (Lipinski definition) is 1. The van der Waals surface area contributed by atoms with Gasteiger partial charge in [0, 0.05) is 24.7 Å². The zero-order valence-corrected chi connectivity index (χ0v) is 11.6. The van der Waals surface area contributed by atoms with Crippen LogP contribution < -0.4 is 5.32 Å². The summed E-state index contributed by atoms with van der Waals surface area (Å²) < 4.78 is 15.2. The molecule has 1 N–H and O–H groups in total. The van der Waals surface area contributed by atoms with Crippen molar-refractivity contribution in [2.45, 2.75) is 6.54 Å². The Bertz CT molecular complexity index is 786. The minimum Gasteiger partial charge on any atom is -0.305 e. The number of amides is 1. The van der Waals surface area contributed by atoms with Gasteiger partial charge in [-0.05, 0) is 29.8 Å². The summed E-state index contributed by atoms with van der Waals surface area (Å²) in [6.07, 6.45) is 5.16. The van der Waals surface area contributed by atoms with Gasteiger partial charge in [0.25, 0.3) is 5.91 Å². The largest absolute Gasteiger partial charge is 0.305 e. The van der Waals surface area contributed by atoms with E-state index in [-0.39, 0.29) is 5.56 Å². The normalized spacial score (nSPS) is 10.4. The molecule has 0 saturated heterocycles. The molecule has 3 rings (SSSR count). The summed E-state index contributed by atoms with van der Waals surface area (Å²) in [6, 6.07) is 11.3. The molecule has 110 valence electrons. The van der Waals surface area contributed by atoms with E-state index in [0.717, 1.165) is 5.56 Å². The molecule has 2 heterocycles. The average molecular weight is 296 g/mol. The lowest BCUT2D eigenvalue weighted by Gasteiger charge is -2.03. The standard InChI is InChI=1S/C16H13FN4O/c17-14-4-2-1-3-13(14)16(22)19-15-7-10-21(20-15)11-12-5-8-18-9-6-12/h1-10H,11H2,(H,19,20,22). The quantitative estimate of drug-likeness (QED) is 0.805. The second kappa shape index (κ2) is 6.17. The molecule has 0 bridgehead atoms. The Labute approximate surface area is 126 Å². The van der Waals surface area contributed by atoms with Crippen LogP contribution in [0.2, 0.25) is 0 Å². The van der Waals surface area contributed by atoms with Crippen molar-refractivity contribution in [3.8, 4) is 0 Å². The van der Waals surface area contributed by atoms with Gasteiger partial charge in [0.05, 0.1) is 12.1 Å². The van der Waals surface area contributed by atoms with Crippen molar-refractivity contribution in [2.75, 3.05) is 5.32 Å². The Morgan fingerprint density at radius 2 is 1.91 bits per heavy atom. The first-order chi connectivity index (χ1) is 10.7. The minimum atomic E-state index is -0.559. The van der Waals surface area contributed by atoms with E-state index < -0.39 is 11.7 Å². The topological polar surface area (TPSA) is 59.8 Å². The van der Waals surface area contributed by atoms with Crippen molar-refractivity contribution in [2.24, 2.45) is 0 Å². The van der Waals surface area contributed by atoms with E-state index in [9.17, 15) is 9.18 Å². The highest BCUT2D eigenvalue weighted by atomic mass is 19.1.